The third-order valence-corrected chi connectivity index (χ3v) is 4.74. The van der Waals surface area contributed by atoms with Gasteiger partial charge < -0.3 is 29.2 Å². The normalized spacial score (nSPS) is 18.1. The van der Waals surface area contributed by atoms with Crippen LogP contribution in [0, 0.1) is 0 Å². The SMILES string of the molecule is COc1cc(C(=O)O[C@H]2CCC[C@@H]2OC(=O)c2ccc(O)c(OC)c2)ccc1O. The van der Waals surface area contributed by atoms with Crippen molar-refractivity contribution in [2.75, 3.05) is 14.2 Å². The number of phenolic OH excluding ortho intramolecular Hbond substituents is 2. The molecule has 3 rings (SSSR count). The van der Waals surface area contributed by atoms with Gasteiger partial charge in [0.15, 0.2) is 23.0 Å². The third-order valence-electron chi connectivity index (χ3n) is 4.74. The first kappa shape index (κ1) is 20.3. The van der Waals surface area contributed by atoms with Crippen molar-refractivity contribution >= 4 is 11.9 Å². The molecule has 1 aliphatic rings. The molecule has 2 aromatic carbocycles. The van der Waals surface area contributed by atoms with Crippen LogP contribution in [0.5, 0.6) is 23.0 Å². The maximum atomic E-state index is 12.5. The first-order valence-electron chi connectivity index (χ1n) is 9.09. The Morgan fingerprint density at radius 3 is 1.59 bits per heavy atom. The minimum atomic E-state index is -0.595. The summed E-state index contributed by atoms with van der Waals surface area (Å²) in [6.45, 7) is 0. The first-order valence-corrected chi connectivity index (χ1v) is 9.09. The quantitative estimate of drug-likeness (QED) is 0.709. The Morgan fingerprint density at radius 1 is 0.793 bits per heavy atom. The van der Waals surface area contributed by atoms with Gasteiger partial charge in [0.05, 0.1) is 25.3 Å². The van der Waals surface area contributed by atoms with E-state index in [1.165, 1.54) is 50.6 Å². The number of hydrogen-bond donors (Lipinski definition) is 2. The summed E-state index contributed by atoms with van der Waals surface area (Å²) in [5.41, 5.74) is 0.444. The maximum absolute atomic E-state index is 12.5. The van der Waals surface area contributed by atoms with E-state index >= 15 is 0 Å². The molecule has 0 heterocycles. The molecule has 0 unspecified atom stereocenters. The second-order valence-electron chi connectivity index (χ2n) is 6.59. The molecule has 0 bridgehead atoms. The number of rotatable bonds is 6. The summed E-state index contributed by atoms with van der Waals surface area (Å²) in [5, 5.41) is 19.3. The number of aromatic hydroxyl groups is 2. The Bertz CT molecular complexity index is 834. The minimum Gasteiger partial charge on any atom is -0.504 e. The van der Waals surface area contributed by atoms with Gasteiger partial charge in [-0.1, -0.05) is 0 Å². The molecule has 1 aliphatic carbocycles. The summed E-state index contributed by atoms with van der Waals surface area (Å²) in [6, 6.07) is 8.32. The van der Waals surface area contributed by atoms with Crippen LogP contribution in [0.15, 0.2) is 36.4 Å². The zero-order valence-corrected chi connectivity index (χ0v) is 16.1. The van der Waals surface area contributed by atoms with Gasteiger partial charge >= 0.3 is 11.9 Å². The van der Waals surface area contributed by atoms with E-state index in [2.05, 4.69) is 0 Å². The number of ether oxygens (including phenoxy) is 4. The van der Waals surface area contributed by atoms with E-state index in [-0.39, 0.29) is 34.1 Å². The second kappa shape index (κ2) is 8.72. The number of carbonyl (C=O) groups is 2. The average molecular weight is 402 g/mol. The number of esters is 2. The Morgan fingerprint density at radius 2 is 1.21 bits per heavy atom. The lowest BCUT2D eigenvalue weighted by Gasteiger charge is -2.21. The standard InChI is InChI=1S/C21H22O8/c1-26-18-10-12(6-8-14(18)22)20(24)28-16-4-3-5-17(16)29-21(25)13-7-9-15(23)19(11-13)27-2/h6-11,16-17,22-23H,3-5H2,1-2H3/t16-,17-/m0/s1. The fourth-order valence-corrected chi connectivity index (χ4v) is 3.18. The Labute approximate surface area is 167 Å². The molecule has 154 valence electrons. The highest BCUT2D eigenvalue weighted by molar-refractivity contribution is 5.91. The predicted molar refractivity (Wildman–Crippen MR) is 102 cm³/mol. The van der Waals surface area contributed by atoms with Crippen molar-refractivity contribution in [2.45, 2.75) is 31.5 Å². The number of benzene rings is 2. The van der Waals surface area contributed by atoms with Crippen LogP contribution in [-0.2, 0) is 9.47 Å². The highest BCUT2D eigenvalue weighted by Gasteiger charge is 2.34. The van der Waals surface area contributed by atoms with Crippen LogP contribution in [0.4, 0.5) is 0 Å². The first-order chi connectivity index (χ1) is 13.9. The van der Waals surface area contributed by atoms with Gasteiger partial charge in [0, 0.05) is 0 Å². The van der Waals surface area contributed by atoms with E-state index in [4.69, 9.17) is 18.9 Å². The van der Waals surface area contributed by atoms with Crippen LogP contribution in [-0.4, -0.2) is 48.6 Å². The van der Waals surface area contributed by atoms with Crippen LogP contribution < -0.4 is 9.47 Å². The molecule has 2 N–H and O–H groups in total. The zero-order valence-electron chi connectivity index (χ0n) is 16.1. The molecule has 29 heavy (non-hydrogen) atoms. The average Bonchev–Trinajstić information content (AvgIpc) is 3.15. The van der Waals surface area contributed by atoms with Crippen LogP contribution in [0.1, 0.15) is 40.0 Å². The molecule has 2 aromatic rings. The maximum Gasteiger partial charge on any atom is 0.338 e. The molecule has 8 nitrogen and oxygen atoms in total. The fraction of sp³-hybridized carbons (Fsp3) is 0.333. The zero-order chi connectivity index (χ0) is 21.0. The summed E-state index contributed by atoms with van der Waals surface area (Å²) < 4.78 is 21.1. The van der Waals surface area contributed by atoms with Crippen molar-refractivity contribution in [3.05, 3.63) is 47.5 Å². The van der Waals surface area contributed by atoms with Gasteiger partial charge in [-0.05, 0) is 55.7 Å². The molecular formula is C21H22O8. The number of hydrogen-bond acceptors (Lipinski definition) is 8. The van der Waals surface area contributed by atoms with Crippen molar-refractivity contribution in [3.8, 4) is 23.0 Å². The van der Waals surface area contributed by atoms with Gasteiger partial charge in [-0.15, -0.1) is 0 Å². The second-order valence-corrected chi connectivity index (χ2v) is 6.59. The van der Waals surface area contributed by atoms with Gasteiger partial charge in [0.2, 0.25) is 0 Å². The van der Waals surface area contributed by atoms with Crippen molar-refractivity contribution in [2.24, 2.45) is 0 Å². The number of methoxy groups -OCH3 is 2. The number of carbonyl (C=O) groups excluding carboxylic acids is 2. The van der Waals surface area contributed by atoms with Crippen molar-refractivity contribution in [1.29, 1.82) is 0 Å². The summed E-state index contributed by atoms with van der Waals surface area (Å²) in [6.07, 6.45) is 0.721. The van der Waals surface area contributed by atoms with E-state index in [9.17, 15) is 19.8 Å². The smallest absolute Gasteiger partial charge is 0.338 e. The molecule has 0 radical (unpaired) electrons. The largest absolute Gasteiger partial charge is 0.504 e. The lowest BCUT2D eigenvalue weighted by Crippen LogP contribution is -2.30. The van der Waals surface area contributed by atoms with E-state index in [1.54, 1.807) is 0 Å². The Balaban J connectivity index is 1.67. The van der Waals surface area contributed by atoms with Gasteiger partial charge in [0.1, 0.15) is 12.2 Å². The van der Waals surface area contributed by atoms with Crippen LogP contribution >= 0.6 is 0 Å². The van der Waals surface area contributed by atoms with Crippen molar-refractivity contribution < 1.29 is 38.7 Å². The Hall–Kier alpha value is -3.42. The van der Waals surface area contributed by atoms with E-state index in [0.717, 1.165) is 6.42 Å². The lowest BCUT2D eigenvalue weighted by atomic mass is 10.2. The van der Waals surface area contributed by atoms with Gasteiger partial charge in [0.25, 0.3) is 0 Å². The monoisotopic (exact) mass is 402 g/mol. The van der Waals surface area contributed by atoms with Crippen LogP contribution in [0.2, 0.25) is 0 Å². The Kier molecular flexibility index (Phi) is 6.11. The highest BCUT2D eigenvalue weighted by Crippen LogP contribution is 2.31. The van der Waals surface area contributed by atoms with Gasteiger partial charge in [-0.3, -0.25) is 0 Å². The summed E-state index contributed by atoms with van der Waals surface area (Å²) >= 11 is 0. The van der Waals surface area contributed by atoms with Crippen molar-refractivity contribution in [1.82, 2.24) is 0 Å². The van der Waals surface area contributed by atoms with E-state index < -0.39 is 24.1 Å². The number of phenols is 2. The lowest BCUT2D eigenvalue weighted by molar-refractivity contribution is -0.0239. The molecule has 1 saturated carbocycles. The third kappa shape index (κ3) is 4.53. The molecule has 0 aromatic heterocycles. The van der Waals surface area contributed by atoms with Crippen LogP contribution in [0.25, 0.3) is 0 Å². The van der Waals surface area contributed by atoms with Crippen molar-refractivity contribution in [3.63, 3.8) is 0 Å². The van der Waals surface area contributed by atoms with E-state index in [1.807, 2.05) is 0 Å². The molecule has 0 saturated heterocycles. The molecule has 1 fully saturated rings. The molecule has 8 heteroatoms. The van der Waals surface area contributed by atoms with E-state index in [0.29, 0.717) is 12.8 Å². The van der Waals surface area contributed by atoms with Gasteiger partial charge in [-0.25, -0.2) is 9.59 Å². The molecule has 0 aliphatic heterocycles. The van der Waals surface area contributed by atoms with Gasteiger partial charge in [-0.2, -0.15) is 0 Å². The van der Waals surface area contributed by atoms with Crippen LogP contribution in [0.3, 0.4) is 0 Å². The summed E-state index contributed by atoms with van der Waals surface area (Å²) in [7, 11) is 2.77. The highest BCUT2D eigenvalue weighted by atomic mass is 16.6. The molecule has 0 spiro atoms. The topological polar surface area (TPSA) is 112 Å². The minimum absolute atomic E-state index is 0.0824. The fourth-order valence-electron chi connectivity index (χ4n) is 3.18. The molecule has 2 atom stereocenters. The summed E-state index contributed by atoms with van der Waals surface area (Å²) in [4.78, 5) is 24.9. The molecular weight excluding hydrogens is 380 g/mol. The predicted octanol–water partition coefficient (Wildman–Crippen LogP) is 3.05. The summed E-state index contributed by atoms with van der Waals surface area (Å²) in [5.74, 6) is -1.03. The molecule has 0 amide bonds.